The minimum absolute atomic E-state index is 0.120. The molecule has 0 atom stereocenters. The van der Waals surface area contributed by atoms with Crippen molar-refractivity contribution in [3.63, 3.8) is 0 Å². The summed E-state index contributed by atoms with van der Waals surface area (Å²) in [6.45, 7) is -0.809. The first-order chi connectivity index (χ1) is 9.22. The van der Waals surface area contributed by atoms with E-state index < -0.39 is 46.5 Å². The van der Waals surface area contributed by atoms with E-state index in [0.29, 0.717) is 0 Å². The normalized spacial score (nSPS) is 9.80. The minimum atomic E-state index is -1.38. The third kappa shape index (κ3) is 16.6. The molecule has 0 aliphatic rings. The van der Waals surface area contributed by atoms with Gasteiger partial charge in [-0.2, -0.15) is 0 Å². The topological polar surface area (TPSA) is 156 Å². The summed E-state index contributed by atoms with van der Waals surface area (Å²) >= 11 is -1.38. The van der Waals surface area contributed by atoms with Crippen molar-refractivity contribution >= 4 is 17.9 Å². The average Bonchev–Trinajstić information content (AvgIpc) is 2.24. The van der Waals surface area contributed by atoms with Gasteiger partial charge in [-0.05, 0) is 6.54 Å². The van der Waals surface area contributed by atoms with Crippen molar-refractivity contribution in [3.05, 3.63) is 7.05 Å². The van der Waals surface area contributed by atoms with Gasteiger partial charge in [-0.3, -0.25) is 26.3 Å². The van der Waals surface area contributed by atoms with Gasteiger partial charge in [0.1, 0.15) is 0 Å². The van der Waals surface area contributed by atoms with E-state index >= 15 is 0 Å². The van der Waals surface area contributed by atoms with Crippen molar-refractivity contribution in [2.45, 2.75) is 0 Å². The predicted molar refractivity (Wildman–Crippen MR) is 59.2 cm³/mol. The second kappa shape index (κ2) is 12.6. The number of hydrogen-bond donors (Lipinski definition) is 4. The molecule has 0 heterocycles. The Morgan fingerprint density at radius 1 is 0.900 bits per heavy atom. The molecule has 0 saturated carbocycles. The molecule has 0 aromatic rings. The third-order valence-corrected chi connectivity index (χ3v) is 1.81. The Kier molecular flexibility index (Phi) is 13.2. The van der Waals surface area contributed by atoms with E-state index in [1.54, 1.807) is 0 Å². The van der Waals surface area contributed by atoms with Crippen LogP contribution in [0.1, 0.15) is 0 Å². The number of carbonyl (C=O) groups is 3. The summed E-state index contributed by atoms with van der Waals surface area (Å²) in [6, 6.07) is 0. The summed E-state index contributed by atoms with van der Waals surface area (Å²) in [5, 5.41) is 25.6. The molecule has 117 valence electrons. The molecule has 0 aromatic heterocycles. The summed E-state index contributed by atoms with van der Waals surface area (Å²) < 4.78 is 15.6. The SMILES string of the molecule is [CH2-]N(CCN(CC(=O)O)CC(=O)O)CC(=O)O.[O]=[Cr][OH]. The van der Waals surface area contributed by atoms with Crippen LogP contribution in [0.15, 0.2) is 0 Å². The Bertz CT molecular complexity index is 322. The molecule has 0 aliphatic heterocycles. The zero-order chi connectivity index (χ0) is 16.1. The summed E-state index contributed by atoms with van der Waals surface area (Å²) in [4.78, 5) is 33.6. The second-order valence-corrected chi connectivity index (χ2v) is 3.75. The van der Waals surface area contributed by atoms with E-state index in [1.165, 1.54) is 9.80 Å². The van der Waals surface area contributed by atoms with E-state index in [0.717, 1.165) is 0 Å². The molecule has 0 saturated heterocycles. The van der Waals surface area contributed by atoms with E-state index in [-0.39, 0.29) is 19.6 Å². The summed E-state index contributed by atoms with van der Waals surface area (Å²) in [7, 11) is 3.44. The Morgan fingerprint density at radius 2 is 1.25 bits per heavy atom. The van der Waals surface area contributed by atoms with Gasteiger partial charge in [0.2, 0.25) is 0 Å². The molecule has 4 N–H and O–H groups in total. The molecule has 0 amide bonds. The maximum atomic E-state index is 10.5. The van der Waals surface area contributed by atoms with E-state index in [2.05, 4.69) is 7.05 Å². The molecule has 10 nitrogen and oxygen atoms in total. The Morgan fingerprint density at radius 3 is 1.55 bits per heavy atom. The van der Waals surface area contributed by atoms with Crippen molar-refractivity contribution in [1.29, 1.82) is 0 Å². The quantitative estimate of drug-likeness (QED) is 0.347. The van der Waals surface area contributed by atoms with Crippen molar-refractivity contribution in [2.75, 3.05) is 32.7 Å². The van der Waals surface area contributed by atoms with Crippen LogP contribution >= 0.6 is 0 Å². The Labute approximate surface area is 121 Å². The second-order valence-electron chi connectivity index (χ2n) is 3.52. The van der Waals surface area contributed by atoms with Crippen molar-refractivity contribution in [3.8, 4) is 0 Å². The van der Waals surface area contributed by atoms with Crippen LogP contribution in [-0.2, 0) is 33.7 Å². The van der Waals surface area contributed by atoms with Crippen molar-refractivity contribution < 1.29 is 53.2 Å². The molecule has 11 heteroatoms. The molecule has 0 fully saturated rings. The van der Waals surface area contributed by atoms with Gasteiger partial charge < -0.3 is 20.2 Å². The summed E-state index contributed by atoms with van der Waals surface area (Å²) in [5.74, 6) is -3.33. The first-order valence-corrected chi connectivity index (χ1v) is 6.18. The third-order valence-electron chi connectivity index (χ3n) is 1.81. The van der Waals surface area contributed by atoms with Gasteiger partial charge in [-0.15, -0.1) is 0 Å². The van der Waals surface area contributed by atoms with Gasteiger partial charge in [0.25, 0.3) is 0 Å². The molecule has 20 heavy (non-hydrogen) atoms. The van der Waals surface area contributed by atoms with Crippen molar-refractivity contribution in [1.82, 2.24) is 9.80 Å². The molecular formula is C9H16CrN2O8-. The average molecular weight is 332 g/mol. The fourth-order valence-electron chi connectivity index (χ4n) is 1.15. The molecule has 0 aliphatic carbocycles. The molecule has 0 rings (SSSR count). The summed E-state index contributed by atoms with van der Waals surface area (Å²) in [6.07, 6.45) is 0. The zero-order valence-corrected chi connectivity index (χ0v) is 11.7. The number of rotatable bonds is 9. The zero-order valence-electron chi connectivity index (χ0n) is 10.5. The first-order valence-electron chi connectivity index (χ1n) is 5.09. The maximum absolute atomic E-state index is 10.5. The number of aliphatic carboxylic acids is 3. The Balaban J connectivity index is 0. The first kappa shape index (κ1) is 20.9. The van der Waals surface area contributed by atoms with Crippen LogP contribution in [-0.4, -0.2) is 79.9 Å². The van der Waals surface area contributed by atoms with Crippen LogP contribution in [0.4, 0.5) is 0 Å². The number of hydrogen-bond acceptors (Lipinski definition) is 6. The van der Waals surface area contributed by atoms with Crippen LogP contribution in [0.3, 0.4) is 0 Å². The van der Waals surface area contributed by atoms with Crippen LogP contribution in [0.2, 0.25) is 0 Å². The van der Waals surface area contributed by atoms with Gasteiger partial charge in [0, 0.05) is 6.54 Å². The van der Waals surface area contributed by atoms with Crippen LogP contribution in [0.5, 0.6) is 0 Å². The van der Waals surface area contributed by atoms with Gasteiger partial charge >= 0.3 is 41.4 Å². The number of carboxylic acid groups (broad SMARTS) is 3. The van der Waals surface area contributed by atoms with Crippen LogP contribution < -0.4 is 0 Å². The number of nitrogens with zero attached hydrogens (tertiary/aromatic N) is 2. The molecule has 0 spiro atoms. The molecule has 0 radical (unpaired) electrons. The van der Waals surface area contributed by atoms with E-state index in [1.807, 2.05) is 0 Å². The fourth-order valence-corrected chi connectivity index (χ4v) is 1.15. The van der Waals surface area contributed by atoms with Gasteiger partial charge in [0.05, 0.1) is 19.6 Å². The monoisotopic (exact) mass is 332 g/mol. The molecule has 0 aromatic carbocycles. The van der Waals surface area contributed by atoms with Crippen LogP contribution in [0.25, 0.3) is 0 Å². The van der Waals surface area contributed by atoms with E-state index in [4.69, 9.17) is 23.3 Å². The van der Waals surface area contributed by atoms with Crippen LogP contribution in [0, 0.1) is 7.05 Å². The fraction of sp³-hybridized carbons (Fsp3) is 0.556. The molecular weight excluding hydrogens is 316 g/mol. The van der Waals surface area contributed by atoms with Gasteiger partial charge in [-0.1, -0.05) is 0 Å². The Hall–Kier alpha value is -1.38. The molecule has 0 unspecified atom stereocenters. The van der Waals surface area contributed by atoms with Gasteiger partial charge in [-0.25, -0.2) is 0 Å². The summed E-state index contributed by atoms with van der Waals surface area (Å²) in [5.41, 5.74) is 0. The molecule has 0 bridgehead atoms. The standard InChI is InChI=1S/C9H15N2O6.Cr.H2O.O/c1-10(4-7(12)13)2-3-11(5-8(14)15)6-9(16)17;;;/h1-6H2,(H,12,13)(H,14,15)(H,16,17);;1H2;/q-1;+1;;/p-1. The van der Waals surface area contributed by atoms with Gasteiger partial charge in [0.15, 0.2) is 0 Å². The van der Waals surface area contributed by atoms with Crippen molar-refractivity contribution in [2.24, 2.45) is 0 Å². The number of carboxylic acids is 3. The van der Waals surface area contributed by atoms with E-state index in [9.17, 15) is 14.4 Å². The predicted octanol–water partition coefficient (Wildman–Crippen LogP) is -2.04.